The fraction of sp³-hybridized carbons (Fsp3) is 0.467. The van der Waals surface area contributed by atoms with E-state index in [2.05, 4.69) is 5.32 Å². The molecule has 0 spiro atoms. The van der Waals surface area contributed by atoms with Crippen molar-refractivity contribution in [3.05, 3.63) is 33.8 Å². The van der Waals surface area contributed by atoms with Gasteiger partial charge in [0.25, 0.3) is 0 Å². The lowest BCUT2D eigenvalue weighted by Gasteiger charge is -2.19. The largest absolute Gasteiger partial charge is 0.346 e. The maximum Gasteiger partial charge on any atom is 0.242 e. The highest BCUT2D eigenvalue weighted by molar-refractivity contribution is 6.42. The second kappa shape index (κ2) is 8.36. The fourth-order valence-corrected chi connectivity index (χ4v) is 2.04. The third-order valence-electron chi connectivity index (χ3n) is 3.26. The SMILES string of the molecule is CC(C)[C@H](N)C(=O)NCC(=O)N(C)Cc1ccc(Cl)c(Cl)c1. The molecule has 0 heterocycles. The molecule has 1 aromatic carbocycles. The van der Waals surface area contributed by atoms with Crippen LogP contribution < -0.4 is 11.1 Å². The zero-order chi connectivity index (χ0) is 16.9. The summed E-state index contributed by atoms with van der Waals surface area (Å²) in [4.78, 5) is 25.2. The number of nitrogens with one attached hydrogen (secondary N) is 1. The second-order valence-corrected chi connectivity index (χ2v) is 6.30. The smallest absolute Gasteiger partial charge is 0.242 e. The van der Waals surface area contributed by atoms with Crippen LogP contribution in [0, 0.1) is 5.92 Å². The lowest BCUT2D eigenvalue weighted by atomic mass is 10.1. The Morgan fingerprint density at radius 3 is 2.45 bits per heavy atom. The van der Waals surface area contributed by atoms with Gasteiger partial charge in [0.05, 0.1) is 22.6 Å². The van der Waals surface area contributed by atoms with Crippen LogP contribution >= 0.6 is 23.2 Å². The normalized spacial score (nSPS) is 12.1. The molecule has 0 unspecified atom stereocenters. The Balaban J connectivity index is 2.51. The number of carbonyl (C=O) groups excluding carboxylic acids is 2. The standard InChI is InChI=1S/C15H21Cl2N3O2/c1-9(2)14(18)15(22)19-7-13(21)20(3)8-10-4-5-11(16)12(17)6-10/h4-6,9,14H,7-8,18H2,1-3H3,(H,19,22)/t14-/m0/s1. The highest BCUT2D eigenvalue weighted by Gasteiger charge is 2.18. The van der Waals surface area contributed by atoms with Gasteiger partial charge >= 0.3 is 0 Å². The Labute approximate surface area is 140 Å². The van der Waals surface area contributed by atoms with E-state index >= 15 is 0 Å². The first-order chi connectivity index (χ1) is 10.2. The molecule has 0 saturated carbocycles. The topological polar surface area (TPSA) is 75.4 Å². The molecule has 3 N–H and O–H groups in total. The minimum atomic E-state index is -0.617. The summed E-state index contributed by atoms with van der Waals surface area (Å²) in [6, 6.07) is 4.57. The van der Waals surface area contributed by atoms with Gasteiger partial charge in [-0.1, -0.05) is 43.1 Å². The molecule has 0 aliphatic heterocycles. The van der Waals surface area contributed by atoms with Gasteiger partial charge in [-0.15, -0.1) is 0 Å². The van der Waals surface area contributed by atoms with E-state index in [1.165, 1.54) is 4.90 Å². The molecule has 1 rings (SSSR count). The maximum atomic E-state index is 12.0. The summed E-state index contributed by atoms with van der Waals surface area (Å²) >= 11 is 11.8. The molecule has 1 aromatic rings. The molecule has 1 atom stereocenters. The van der Waals surface area contributed by atoms with Crippen molar-refractivity contribution in [2.45, 2.75) is 26.4 Å². The zero-order valence-electron chi connectivity index (χ0n) is 12.9. The summed E-state index contributed by atoms with van der Waals surface area (Å²) in [5.74, 6) is -0.522. The molecular formula is C15H21Cl2N3O2. The van der Waals surface area contributed by atoms with Crippen molar-refractivity contribution in [3.8, 4) is 0 Å². The summed E-state index contributed by atoms with van der Waals surface area (Å²) in [6.45, 7) is 3.99. The summed E-state index contributed by atoms with van der Waals surface area (Å²) in [6.07, 6.45) is 0. The number of amides is 2. The summed E-state index contributed by atoms with van der Waals surface area (Å²) in [7, 11) is 1.65. The molecule has 0 aromatic heterocycles. The Morgan fingerprint density at radius 2 is 1.91 bits per heavy atom. The third kappa shape index (κ3) is 5.48. The van der Waals surface area contributed by atoms with Gasteiger partial charge in [-0.3, -0.25) is 9.59 Å². The molecule has 0 bridgehead atoms. The number of hydrogen-bond donors (Lipinski definition) is 2. The van der Waals surface area contributed by atoms with E-state index in [4.69, 9.17) is 28.9 Å². The van der Waals surface area contributed by atoms with Crippen LogP contribution in [0.4, 0.5) is 0 Å². The Morgan fingerprint density at radius 1 is 1.27 bits per heavy atom. The summed E-state index contributed by atoms with van der Waals surface area (Å²) < 4.78 is 0. The van der Waals surface area contributed by atoms with Gasteiger partial charge in [0, 0.05) is 13.6 Å². The van der Waals surface area contributed by atoms with Crippen molar-refractivity contribution in [2.75, 3.05) is 13.6 Å². The van der Waals surface area contributed by atoms with E-state index < -0.39 is 6.04 Å². The highest BCUT2D eigenvalue weighted by Crippen LogP contribution is 2.23. The van der Waals surface area contributed by atoms with Crippen LogP contribution in [0.3, 0.4) is 0 Å². The number of rotatable bonds is 6. The fourth-order valence-electron chi connectivity index (χ4n) is 1.72. The van der Waals surface area contributed by atoms with E-state index in [9.17, 15) is 9.59 Å². The molecule has 0 aliphatic carbocycles. The van der Waals surface area contributed by atoms with Gasteiger partial charge in [-0.25, -0.2) is 0 Å². The van der Waals surface area contributed by atoms with E-state index in [-0.39, 0.29) is 24.3 Å². The first-order valence-electron chi connectivity index (χ1n) is 6.93. The monoisotopic (exact) mass is 345 g/mol. The molecular weight excluding hydrogens is 325 g/mol. The van der Waals surface area contributed by atoms with Crippen molar-refractivity contribution in [3.63, 3.8) is 0 Å². The molecule has 0 radical (unpaired) electrons. The van der Waals surface area contributed by atoms with Crippen molar-refractivity contribution >= 4 is 35.0 Å². The number of benzene rings is 1. The van der Waals surface area contributed by atoms with E-state index in [0.717, 1.165) is 5.56 Å². The van der Waals surface area contributed by atoms with E-state index in [0.29, 0.717) is 16.6 Å². The second-order valence-electron chi connectivity index (χ2n) is 5.49. The minimum Gasteiger partial charge on any atom is -0.346 e. The molecule has 5 nitrogen and oxygen atoms in total. The molecule has 0 saturated heterocycles. The quantitative estimate of drug-likeness (QED) is 0.828. The van der Waals surface area contributed by atoms with Crippen molar-refractivity contribution in [2.24, 2.45) is 11.7 Å². The van der Waals surface area contributed by atoms with Crippen molar-refractivity contribution in [1.82, 2.24) is 10.2 Å². The highest BCUT2D eigenvalue weighted by atomic mass is 35.5. The average molecular weight is 346 g/mol. The number of nitrogens with zero attached hydrogens (tertiary/aromatic N) is 1. The first-order valence-corrected chi connectivity index (χ1v) is 7.69. The zero-order valence-corrected chi connectivity index (χ0v) is 14.4. The number of halogens is 2. The van der Waals surface area contributed by atoms with Crippen LogP contribution in [0.5, 0.6) is 0 Å². The van der Waals surface area contributed by atoms with E-state index in [1.54, 1.807) is 25.2 Å². The molecule has 122 valence electrons. The maximum absolute atomic E-state index is 12.0. The predicted octanol–water partition coefficient (Wildman–Crippen LogP) is 2.05. The predicted molar refractivity (Wildman–Crippen MR) is 88.8 cm³/mol. The molecule has 2 amide bonds. The summed E-state index contributed by atoms with van der Waals surface area (Å²) in [5.41, 5.74) is 6.57. The van der Waals surface area contributed by atoms with Gasteiger partial charge in [-0.2, -0.15) is 0 Å². The van der Waals surface area contributed by atoms with Crippen LogP contribution in [-0.4, -0.2) is 36.3 Å². The molecule has 22 heavy (non-hydrogen) atoms. The number of nitrogens with two attached hydrogens (primary N) is 1. The minimum absolute atomic E-state index is 0.0176. The van der Waals surface area contributed by atoms with Crippen molar-refractivity contribution < 1.29 is 9.59 Å². The van der Waals surface area contributed by atoms with Gasteiger partial charge in [-0.05, 0) is 23.6 Å². The Bertz CT molecular complexity index is 550. The first kappa shape index (κ1) is 18.7. The van der Waals surface area contributed by atoms with Gasteiger partial charge in [0.1, 0.15) is 0 Å². The van der Waals surface area contributed by atoms with Gasteiger partial charge in [0.15, 0.2) is 0 Å². The lowest BCUT2D eigenvalue weighted by Crippen LogP contribution is -2.47. The Kier molecular flexibility index (Phi) is 7.13. The molecule has 0 aliphatic rings. The number of carbonyl (C=O) groups is 2. The number of hydrogen-bond acceptors (Lipinski definition) is 3. The van der Waals surface area contributed by atoms with Gasteiger partial charge in [0.2, 0.25) is 11.8 Å². The van der Waals surface area contributed by atoms with Crippen molar-refractivity contribution in [1.29, 1.82) is 0 Å². The third-order valence-corrected chi connectivity index (χ3v) is 4.00. The molecule has 7 heteroatoms. The number of likely N-dealkylation sites (N-methyl/N-ethyl adjacent to an activating group) is 1. The van der Waals surface area contributed by atoms with Crippen LogP contribution in [0.2, 0.25) is 10.0 Å². The lowest BCUT2D eigenvalue weighted by molar-refractivity contribution is -0.132. The molecule has 0 fully saturated rings. The van der Waals surface area contributed by atoms with Crippen LogP contribution in [0.15, 0.2) is 18.2 Å². The summed E-state index contributed by atoms with van der Waals surface area (Å²) in [5, 5.41) is 3.46. The van der Waals surface area contributed by atoms with E-state index in [1.807, 2.05) is 13.8 Å². The average Bonchev–Trinajstić information content (AvgIpc) is 2.47. The van der Waals surface area contributed by atoms with Crippen LogP contribution in [0.1, 0.15) is 19.4 Å². The van der Waals surface area contributed by atoms with Gasteiger partial charge < -0.3 is 16.0 Å². The van der Waals surface area contributed by atoms with Crippen LogP contribution in [-0.2, 0) is 16.1 Å². The van der Waals surface area contributed by atoms with Crippen LogP contribution in [0.25, 0.3) is 0 Å². The Hall–Kier alpha value is -1.30.